The fourth-order valence-electron chi connectivity index (χ4n) is 1.47. The van der Waals surface area contributed by atoms with Gasteiger partial charge in [-0.1, -0.05) is 36.7 Å². The number of halogens is 4. The topological polar surface area (TPSA) is 35.2 Å². The van der Waals surface area contributed by atoms with Crippen molar-refractivity contribution in [2.24, 2.45) is 5.73 Å². The van der Waals surface area contributed by atoms with Crippen LogP contribution in [0.25, 0.3) is 0 Å². The van der Waals surface area contributed by atoms with Crippen molar-refractivity contribution in [1.29, 1.82) is 0 Å². The predicted molar refractivity (Wildman–Crippen MR) is 64.4 cm³/mol. The summed E-state index contributed by atoms with van der Waals surface area (Å²) in [5, 5.41) is 0.378. The molecule has 0 aliphatic carbocycles. The lowest BCUT2D eigenvalue weighted by Gasteiger charge is -2.25. The van der Waals surface area contributed by atoms with Crippen molar-refractivity contribution in [3.63, 3.8) is 0 Å². The van der Waals surface area contributed by atoms with Crippen molar-refractivity contribution < 1.29 is 17.9 Å². The van der Waals surface area contributed by atoms with E-state index in [-0.39, 0.29) is 13.0 Å². The molecule has 2 nitrogen and oxygen atoms in total. The molecule has 0 spiro atoms. The fourth-order valence-corrected chi connectivity index (χ4v) is 1.66. The van der Waals surface area contributed by atoms with Crippen LogP contribution in [0.3, 0.4) is 0 Å². The summed E-state index contributed by atoms with van der Waals surface area (Å²) in [6.07, 6.45) is -6.26. The van der Waals surface area contributed by atoms with E-state index in [1.165, 1.54) is 0 Å². The fraction of sp³-hybridized carbons (Fsp3) is 0.500. The normalized spacial score (nSPS) is 15.4. The highest BCUT2D eigenvalue weighted by Crippen LogP contribution is 2.27. The maximum absolute atomic E-state index is 12.7. The Hall–Kier alpha value is -0.780. The Morgan fingerprint density at radius 2 is 1.94 bits per heavy atom. The van der Waals surface area contributed by atoms with Gasteiger partial charge in [0.15, 0.2) is 6.10 Å². The highest BCUT2D eigenvalue weighted by Gasteiger charge is 2.44. The summed E-state index contributed by atoms with van der Waals surface area (Å²) >= 11 is 5.84. The van der Waals surface area contributed by atoms with Crippen LogP contribution >= 0.6 is 11.6 Å². The van der Waals surface area contributed by atoms with Crippen LogP contribution in [0.15, 0.2) is 24.3 Å². The molecule has 1 aromatic rings. The monoisotopic (exact) mass is 281 g/mol. The summed E-state index contributed by atoms with van der Waals surface area (Å²) in [5.41, 5.74) is 5.94. The van der Waals surface area contributed by atoms with Gasteiger partial charge in [0.1, 0.15) is 0 Å². The summed E-state index contributed by atoms with van der Waals surface area (Å²) in [7, 11) is 0. The average molecular weight is 282 g/mol. The summed E-state index contributed by atoms with van der Waals surface area (Å²) in [6.45, 7) is 1.37. The standard InChI is InChI=1S/C12H15ClF3NO/c1-2-10(17)11(12(14,15)16)18-7-8-5-3-4-6-9(8)13/h3-6,10-11H,2,7,17H2,1H3. The van der Waals surface area contributed by atoms with E-state index in [1.54, 1.807) is 31.2 Å². The van der Waals surface area contributed by atoms with Crippen LogP contribution in [-0.2, 0) is 11.3 Å². The lowest BCUT2D eigenvalue weighted by Crippen LogP contribution is -2.46. The Morgan fingerprint density at radius 3 is 2.44 bits per heavy atom. The van der Waals surface area contributed by atoms with Gasteiger partial charge in [-0.15, -0.1) is 0 Å². The first-order valence-corrected chi connectivity index (χ1v) is 5.91. The van der Waals surface area contributed by atoms with E-state index in [1.807, 2.05) is 0 Å². The van der Waals surface area contributed by atoms with Crippen molar-refractivity contribution in [1.82, 2.24) is 0 Å². The van der Waals surface area contributed by atoms with Gasteiger partial charge in [0.05, 0.1) is 6.61 Å². The zero-order valence-electron chi connectivity index (χ0n) is 9.88. The van der Waals surface area contributed by atoms with Gasteiger partial charge >= 0.3 is 6.18 Å². The second-order valence-corrected chi connectivity index (χ2v) is 4.34. The van der Waals surface area contributed by atoms with Gasteiger partial charge in [-0.3, -0.25) is 0 Å². The Balaban J connectivity index is 2.72. The van der Waals surface area contributed by atoms with Crippen molar-refractivity contribution in [3.8, 4) is 0 Å². The minimum absolute atomic E-state index is 0.187. The van der Waals surface area contributed by atoms with E-state index in [0.29, 0.717) is 10.6 Å². The Labute approximate surface area is 109 Å². The molecule has 0 amide bonds. The molecule has 2 N–H and O–H groups in total. The number of alkyl halides is 3. The van der Waals surface area contributed by atoms with Crippen molar-refractivity contribution >= 4 is 11.6 Å². The molecule has 0 heterocycles. The van der Waals surface area contributed by atoms with Crippen LogP contribution in [0.1, 0.15) is 18.9 Å². The summed E-state index contributed by atoms with van der Waals surface area (Å²) in [5.74, 6) is 0. The lowest BCUT2D eigenvalue weighted by atomic mass is 10.1. The maximum Gasteiger partial charge on any atom is 0.416 e. The number of hydrogen-bond donors (Lipinski definition) is 1. The molecule has 2 unspecified atom stereocenters. The molecule has 2 atom stereocenters. The van der Waals surface area contributed by atoms with E-state index in [2.05, 4.69) is 0 Å². The molecule has 0 radical (unpaired) electrons. The van der Waals surface area contributed by atoms with Gasteiger partial charge in [-0.25, -0.2) is 0 Å². The zero-order valence-corrected chi connectivity index (χ0v) is 10.6. The maximum atomic E-state index is 12.7. The molecule has 0 bridgehead atoms. The Kier molecular flexibility index (Phi) is 5.44. The quantitative estimate of drug-likeness (QED) is 0.896. The first-order chi connectivity index (χ1) is 8.36. The molecule has 0 aromatic heterocycles. The summed E-state index contributed by atoms with van der Waals surface area (Å²) in [6, 6.07) is 5.53. The van der Waals surface area contributed by atoms with E-state index < -0.39 is 18.3 Å². The predicted octanol–water partition coefficient (Wildman–Crippen LogP) is 3.52. The molecule has 0 saturated carbocycles. The van der Waals surface area contributed by atoms with Crippen molar-refractivity contribution in [2.75, 3.05) is 0 Å². The highest BCUT2D eigenvalue weighted by atomic mass is 35.5. The SMILES string of the molecule is CCC(N)C(OCc1ccccc1Cl)C(F)(F)F. The largest absolute Gasteiger partial charge is 0.416 e. The minimum Gasteiger partial charge on any atom is -0.362 e. The molecular weight excluding hydrogens is 267 g/mol. The first kappa shape index (κ1) is 15.3. The minimum atomic E-state index is -4.48. The van der Waals surface area contributed by atoms with E-state index in [4.69, 9.17) is 22.1 Å². The van der Waals surface area contributed by atoms with Crippen LogP contribution in [0, 0.1) is 0 Å². The molecule has 1 rings (SSSR count). The highest BCUT2D eigenvalue weighted by molar-refractivity contribution is 6.31. The number of ether oxygens (including phenoxy) is 1. The number of benzene rings is 1. The van der Waals surface area contributed by atoms with Crippen molar-refractivity contribution in [2.45, 2.75) is 38.3 Å². The van der Waals surface area contributed by atoms with Gasteiger partial charge < -0.3 is 10.5 Å². The van der Waals surface area contributed by atoms with Gasteiger partial charge in [-0.2, -0.15) is 13.2 Å². The van der Waals surface area contributed by atoms with Crippen LogP contribution < -0.4 is 5.73 Å². The van der Waals surface area contributed by atoms with Crippen LogP contribution in [0.4, 0.5) is 13.2 Å². The van der Waals surface area contributed by atoms with Gasteiger partial charge in [0, 0.05) is 11.1 Å². The van der Waals surface area contributed by atoms with E-state index >= 15 is 0 Å². The second-order valence-electron chi connectivity index (χ2n) is 3.94. The molecule has 0 fully saturated rings. The summed E-state index contributed by atoms with van der Waals surface area (Å²) < 4.78 is 43.1. The molecule has 0 aliphatic rings. The molecule has 18 heavy (non-hydrogen) atoms. The van der Waals surface area contributed by atoms with Crippen LogP contribution in [0.2, 0.25) is 5.02 Å². The smallest absolute Gasteiger partial charge is 0.362 e. The second kappa shape index (κ2) is 6.41. The third kappa shape index (κ3) is 4.15. The van der Waals surface area contributed by atoms with Crippen LogP contribution in [-0.4, -0.2) is 18.3 Å². The number of rotatable bonds is 5. The third-order valence-corrected chi connectivity index (χ3v) is 2.93. The van der Waals surface area contributed by atoms with Crippen LogP contribution in [0.5, 0.6) is 0 Å². The molecule has 0 saturated heterocycles. The van der Waals surface area contributed by atoms with Gasteiger partial charge in [-0.05, 0) is 18.1 Å². The summed E-state index contributed by atoms with van der Waals surface area (Å²) in [4.78, 5) is 0. The average Bonchev–Trinajstić information content (AvgIpc) is 2.29. The third-order valence-electron chi connectivity index (χ3n) is 2.56. The van der Waals surface area contributed by atoms with E-state index in [9.17, 15) is 13.2 Å². The Morgan fingerprint density at radius 1 is 1.33 bits per heavy atom. The zero-order chi connectivity index (χ0) is 13.8. The van der Waals surface area contributed by atoms with Gasteiger partial charge in [0.2, 0.25) is 0 Å². The van der Waals surface area contributed by atoms with E-state index in [0.717, 1.165) is 0 Å². The molecule has 0 aliphatic heterocycles. The molecule has 102 valence electrons. The molecular formula is C12H15ClF3NO. The molecule has 1 aromatic carbocycles. The lowest BCUT2D eigenvalue weighted by molar-refractivity contribution is -0.229. The van der Waals surface area contributed by atoms with Gasteiger partial charge in [0.25, 0.3) is 0 Å². The number of hydrogen-bond acceptors (Lipinski definition) is 2. The Bertz CT molecular complexity index is 384. The first-order valence-electron chi connectivity index (χ1n) is 5.53. The molecule has 6 heteroatoms. The number of nitrogens with two attached hydrogens (primary N) is 1. The van der Waals surface area contributed by atoms with Crippen molar-refractivity contribution in [3.05, 3.63) is 34.9 Å².